The van der Waals surface area contributed by atoms with Crippen LogP contribution in [0.25, 0.3) is 0 Å². The van der Waals surface area contributed by atoms with Gasteiger partial charge in [0.25, 0.3) is 0 Å². The predicted molar refractivity (Wildman–Crippen MR) is 71.6 cm³/mol. The second-order valence-electron chi connectivity index (χ2n) is 5.79. The fourth-order valence-electron chi connectivity index (χ4n) is 2.57. The summed E-state index contributed by atoms with van der Waals surface area (Å²) < 4.78 is 0. The first-order valence-corrected chi connectivity index (χ1v) is 7.17. The molecule has 106 valence electrons. The number of aliphatic hydroxyl groups is 1. The Morgan fingerprint density at radius 1 is 1.28 bits per heavy atom. The topological polar surface area (TPSA) is 69.6 Å². The molecule has 0 radical (unpaired) electrons. The Balaban J connectivity index is 2.05. The van der Waals surface area contributed by atoms with Crippen LogP contribution in [0.2, 0.25) is 0 Å². The highest BCUT2D eigenvalue weighted by atomic mass is 16.4. The third kappa shape index (κ3) is 6.36. The van der Waals surface area contributed by atoms with Gasteiger partial charge in [0.15, 0.2) is 0 Å². The van der Waals surface area contributed by atoms with Crippen LogP contribution in [-0.4, -0.2) is 34.9 Å². The molecule has 1 atom stereocenters. The van der Waals surface area contributed by atoms with E-state index in [-0.39, 0.29) is 6.42 Å². The molecule has 1 rings (SSSR count). The summed E-state index contributed by atoms with van der Waals surface area (Å²) in [7, 11) is 0. The van der Waals surface area contributed by atoms with E-state index in [1.807, 2.05) is 0 Å². The third-order valence-corrected chi connectivity index (χ3v) is 3.90. The summed E-state index contributed by atoms with van der Waals surface area (Å²) in [5, 5.41) is 22.2. The summed E-state index contributed by atoms with van der Waals surface area (Å²) in [6.45, 7) is 3.63. The average Bonchev–Trinajstić information content (AvgIpc) is 2.33. The van der Waals surface area contributed by atoms with Crippen LogP contribution in [-0.2, 0) is 4.79 Å². The standard InChI is InChI=1S/C14H27NO3/c1-12(5-6-13(16)17)7-10-15-11-14(18)8-3-2-4-9-14/h12,15,18H,2-11H2,1H3,(H,16,17). The Labute approximate surface area is 110 Å². The van der Waals surface area contributed by atoms with Gasteiger partial charge in [-0.2, -0.15) is 0 Å². The van der Waals surface area contributed by atoms with Crippen molar-refractivity contribution in [1.29, 1.82) is 0 Å². The molecule has 0 amide bonds. The Bertz CT molecular complexity index is 249. The lowest BCUT2D eigenvalue weighted by molar-refractivity contribution is -0.137. The molecule has 4 nitrogen and oxygen atoms in total. The van der Waals surface area contributed by atoms with Crippen molar-refractivity contribution in [3.63, 3.8) is 0 Å². The molecular formula is C14H27NO3. The number of aliphatic carboxylic acids is 1. The molecule has 0 aliphatic heterocycles. The van der Waals surface area contributed by atoms with Crippen LogP contribution in [0.1, 0.15) is 58.3 Å². The molecule has 1 aliphatic rings. The molecule has 0 heterocycles. The SMILES string of the molecule is CC(CCNCC1(O)CCCCC1)CCC(=O)O. The Kier molecular flexibility index (Phi) is 6.65. The maximum atomic E-state index is 10.4. The van der Waals surface area contributed by atoms with Crippen molar-refractivity contribution >= 4 is 5.97 Å². The van der Waals surface area contributed by atoms with Crippen LogP contribution < -0.4 is 5.32 Å². The minimum Gasteiger partial charge on any atom is -0.481 e. The summed E-state index contributed by atoms with van der Waals surface area (Å²) >= 11 is 0. The lowest BCUT2D eigenvalue weighted by atomic mass is 9.85. The van der Waals surface area contributed by atoms with Crippen molar-refractivity contribution in [2.24, 2.45) is 5.92 Å². The van der Waals surface area contributed by atoms with Gasteiger partial charge in [-0.15, -0.1) is 0 Å². The normalized spacial score (nSPS) is 20.6. The largest absolute Gasteiger partial charge is 0.481 e. The van der Waals surface area contributed by atoms with Crippen LogP contribution in [0.3, 0.4) is 0 Å². The van der Waals surface area contributed by atoms with Crippen molar-refractivity contribution < 1.29 is 15.0 Å². The van der Waals surface area contributed by atoms with Gasteiger partial charge in [0.05, 0.1) is 5.60 Å². The van der Waals surface area contributed by atoms with Gasteiger partial charge >= 0.3 is 5.97 Å². The molecular weight excluding hydrogens is 230 g/mol. The Morgan fingerprint density at radius 2 is 1.94 bits per heavy atom. The Morgan fingerprint density at radius 3 is 2.56 bits per heavy atom. The summed E-state index contributed by atoms with van der Waals surface area (Å²) in [4.78, 5) is 10.4. The van der Waals surface area contributed by atoms with Crippen molar-refractivity contribution in [3.8, 4) is 0 Å². The first-order chi connectivity index (χ1) is 8.52. The minimum atomic E-state index is -0.716. The van der Waals surface area contributed by atoms with Crippen molar-refractivity contribution in [1.82, 2.24) is 5.32 Å². The first-order valence-electron chi connectivity index (χ1n) is 7.17. The molecule has 18 heavy (non-hydrogen) atoms. The Hall–Kier alpha value is -0.610. The van der Waals surface area contributed by atoms with Gasteiger partial charge in [-0.05, 0) is 38.1 Å². The van der Waals surface area contributed by atoms with E-state index in [1.54, 1.807) is 0 Å². The third-order valence-electron chi connectivity index (χ3n) is 3.90. The minimum absolute atomic E-state index is 0.255. The van der Waals surface area contributed by atoms with Gasteiger partial charge in [-0.3, -0.25) is 4.79 Å². The molecule has 0 bridgehead atoms. The number of hydrogen-bond donors (Lipinski definition) is 3. The monoisotopic (exact) mass is 257 g/mol. The molecule has 1 aliphatic carbocycles. The van der Waals surface area contributed by atoms with Crippen molar-refractivity contribution in [3.05, 3.63) is 0 Å². The van der Waals surface area contributed by atoms with Crippen LogP contribution in [0, 0.1) is 5.92 Å². The van der Waals surface area contributed by atoms with E-state index in [9.17, 15) is 9.90 Å². The molecule has 1 fully saturated rings. The first kappa shape index (κ1) is 15.4. The number of nitrogens with one attached hydrogen (secondary N) is 1. The summed E-state index contributed by atoms with van der Waals surface area (Å²) in [5.74, 6) is -0.291. The highest BCUT2D eigenvalue weighted by Gasteiger charge is 2.28. The summed E-state index contributed by atoms with van der Waals surface area (Å²) in [5.41, 5.74) is -0.497. The summed E-state index contributed by atoms with van der Waals surface area (Å²) in [6, 6.07) is 0. The van der Waals surface area contributed by atoms with E-state index < -0.39 is 11.6 Å². The zero-order valence-corrected chi connectivity index (χ0v) is 11.5. The van der Waals surface area contributed by atoms with E-state index in [2.05, 4.69) is 12.2 Å². The van der Waals surface area contributed by atoms with Crippen LogP contribution in [0.5, 0.6) is 0 Å². The van der Waals surface area contributed by atoms with E-state index in [4.69, 9.17) is 5.11 Å². The quantitative estimate of drug-likeness (QED) is 0.583. The zero-order valence-electron chi connectivity index (χ0n) is 11.5. The van der Waals surface area contributed by atoms with Gasteiger partial charge in [-0.25, -0.2) is 0 Å². The van der Waals surface area contributed by atoms with E-state index in [0.29, 0.717) is 12.5 Å². The number of hydrogen-bond acceptors (Lipinski definition) is 3. The average molecular weight is 257 g/mol. The van der Waals surface area contributed by atoms with E-state index >= 15 is 0 Å². The molecule has 4 heteroatoms. The van der Waals surface area contributed by atoms with Crippen molar-refractivity contribution in [2.75, 3.05) is 13.1 Å². The number of rotatable bonds is 8. The smallest absolute Gasteiger partial charge is 0.303 e. The van der Waals surface area contributed by atoms with Crippen LogP contribution in [0.15, 0.2) is 0 Å². The molecule has 3 N–H and O–H groups in total. The zero-order chi connectivity index (χ0) is 13.4. The van der Waals surface area contributed by atoms with Crippen LogP contribution >= 0.6 is 0 Å². The highest BCUT2D eigenvalue weighted by Crippen LogP contribution is 2.27. The summed E-state index contributed by atoms with van der Waals surface area (Å²) in [6.07, 6.45) is 7.30. The van der Waals surface area contributed by atoms with Gasteiger partial charge < -0.3 is 15.5 Å². The van der Waals surface area contributed by atoms with Gasteiger partial charge in [0.1, 0.15) is 0 Å². The maximum Gasteiger partial charge on any atom is 0.303 e. The highest BCUT2D eigenvalue weighted by molar-refractivity contribution is 5.66. The molecule has 0 saturated heterocycles. The van der Waals surface area contributed by atoms with Crippen LogP contribution in [0.4, 0.5) is 0 Å². The molecule has 0 aromatic carbocycles. The molecule has 0 aromatic rings. The molecule has 1 saturated carbocycles. The lowest BCUT2D eigenvalue weighted by Crippen LogP contribution is -2.42. The van der Waals surface area contributed by atoms with Gasteiger partial charge in [0.2, 0.25) is 0 Å². The van der Waals surface area contributed by atoms with E-state index in [1.165, 1.54) is 6.42 Å². The predicted octanol–water partition coefficient (Wildman–Crippen LogP) is 2.16. The maximum absolute atomic E-state index is 10.4. The molecule has 0 aromatic heterocycles. The molecule has 0 spiro atoms. The fraction of sp³-hybridized carbons (Fsp3) is 0.929. The van der Waals surface area contributed by atoms with Gasteiger partial charge in [-0.1, -0.05) is 26.2 Å². The second-order valence-corrected chi connectivity index (χ2v) is 5.79. The molecule has 1 unspecified atom stereocenters. The van der Waals surface area contributed by atoms with Crippen molar-refractivity contribution in [2.45, 2.75) is 63.9 Å². The lowest BCUT2D eigenvalue weighted by Gasteiger charge is -2.32. The number of carboxylic acid groups (broad SMARTS) is 1. The van der Waals surface area contributed by atoms with E-state index in [0.717, 1.165) is 45.1 Å². The second kappa shape index (κ2) is 7.74. The number of carboxylic acids is 1. The fourth-order valence-corrected chi connectivity index (χ4v) is 2.57. The number of carbonyl (C=O) groups is 1. The van der Waals surface area contributed by atoms with Gasteiger partial charge in [0, 0.05) is 13.0 Å².